The number of carbonyl (C=O) groups is 2. The van der Waals surface area contributed by atoms with Crippen LogP contribution in [0.15, 0.2) is 35.7 Å². The molecule has 1 aromatic carbocycles. The van der Waals surface area contributed by atoms with Crippen molar-refractivity contribution in [2.75, 3.05) is 19.6 Å². The highest BCUT2D eigenvalue weighted by molar-refractivity contribution is 6.21. The lowest BCUT2D eigenvalue weighted by Gasteiger charge is -2.21. The second-order valence-electron chi connectivity index (χ2n) is 4.35. The number of nitrogens with zero attached hydrogens (tertiary/aromatic N) is 1. The van der Waals surface area contributed by atoms with Crippen molar-refractivity contribution >= 4 is 24.2 Å². The third-order valence-corrected chi connectivity index (χ3v) is 3.24. The van der Waals surface area contributed by atoms with Crippen LogP contribution < -0.4 is 5.32 Å². The Morgan fingerprint density at radius 2 is 1.68 bits per heavy atom. The van der Waals surface area contributed by atoms with Crippen LogP contribution >= 0.6 is 12.4 Å². The summed E-state index contributed by atoms with van der Waals surface area (Å²) >= 11 is 0. The normalized spacial score (nSPS) is 16.9. The van der Waals surface area contributed by atoms with Crippen LogP contribution in [0.25, 0.3) is 0 Å². The Morgan fingerprint density at radius 3 is 2.11 bits per heavy atom. The summed E-state index contributed by atoms with van der Waals surface area (Å²) in [5, 5.41) is 2.92. The van der Waals surface area contributed by atoms with Crippen molar-refractivity contribution < 1.29 is 14.0 Å². The summed E-state index contributed by atoms with van der Waals surface area (Å²) < 4.78 is 13.8. The van der Waals surface area contributed by atoms with E-state index in [1.807, 2.05) is 0 Å². The predicted molar refractivity (Wildman–Crippen MR) is 70.1 cm³/mol. The Morgan fingerprint density at radius 1 is 1.16 bits per heavy atom. The van der Waals surface area contributed by atoms with Gasteiger partial charge in [0.25, 0.3) is 11.8 Å². The van der Waals surface area contributed by atoms with E-state index in [4.69, 9.17) is 0 Å². The van der Waals surface area contributed by atoms with Crippen LogP contribution in [-0.2, 0) is 0 Å². The molecule has 2 aliphatic heterocycles. The van der Waals surface area contributed by atoms with Crippen molar-refractivity contribution in [1.82, 2.24) is 10.2 Å². The highest BCUT2D eigenvalue weighted by atomic mass is 35.5. The van der Waals surface area contributed by atoms with Gasteiger partial charge < -0.3 is 5.32 Å². The summed E-state index contributed by atoms with van der Waals surface area (Å²) in [7, 11) is 0. The van der Waals surface area contributed by atoms with E-state index in [9.17, 15) is 14.0 Å². The van der Waals surface area contributed by atoms with Gasteiger partial charge in [0, 0.05) is 13.1 Å². The predicted octanol–water partition coefficient (Wildman–Crippen LogP) is 1.53. The molecule has 100 valence electrons. The first-order valence-electron chi connectivity index (χ1n) is 5.71. The van der Waals surface area contributed by atoms with Crippen LogP contribution in [0.1, 0.15) is 20.7 Å². The number of rotatable bonds is 2. The van der Waals surface area contributed by atoms with E-state index in [1.165, 1.54) is 0 Å². The van der Waals surface area contributed by atoms with Gasteiger partial charge in [-0.1, -0.05) is 12.1 Å². The maximum absolute atomic E-state index is 13.8. The van der Waals surface area contributed by atoms with Crippen molar-refractivity contribution in [2.24, 2.45) is 0 Å². The average Bonchev–Trinajstić information content (AvgIpc) is 2.53. The van der Waals surface area contributed by atoms with Gasteiger partial charge in [0.15, 0.2) is 0 Å². The van der Waals surface area contributed by atoms with Gasteiger partial charge in [-0.3, -0.25) is 14.5 Å². The molecule has 0 radical (unpaired) electrons. The molecule has 0 unspecified atom stereocenters. The summed E-state index contributed by atoms with van der Waals surface area (Å²) in [5.74, 6) is -1.22. The molecule has 0 atom stereocenters. The van der Waals surface area contributed by atoms with Crippen molar-refractivity contribution in [2.45, 2.75) is 0 Å². The lowest BCUT2D eigenvalue weighted by Crippen LogP contribution is -2.37. The third-order valence-electron chi connectivity index (χ3n) is 3.24. The molecule has 4 nitrogen and oxygen atoms in total. The van der Waals surface area contributed by atoms with Crippen molar-refractivity contribution in [1.29, 1.82) is 0 Å². The van der Waals surface area contributed by atoms with E-state index in [-0.39, 0.29) is 24.8 Å². The number of imide groups is 1. The quantitative estimate of drug-likeness (QED) is 0.837. The van der Waals surface area contributed by atoms with Crippen LogP contribution in [0, 0.1) is 0 Å². The first kappa shape index (κ1) is 13.7. The standard InChI is InChI=1S/C13H11FN2O2.ClH/c14-11(8-5-15-6-8)7-16-12(17)9-3-1-2-4-10(9)13(16)18;/h1-4,15H,5-7H2;1H. The zero-order valence-electron chi connectivity index (χ0n) is 9.98. The maximum atomic E-state index is 13.8. The monoisotopic (exact) mass is 282 g/mol. The molecule has 1 fully saturated rings. The Balaban J connectivity index is 0.00000133. The van der Waals surface area contributed by atoms with E-state index >= 15 is 0 Å². The second-order valence-corrected chi connectivity index (χ2v) is 4.35. The van der Waals surface area contributed by atoms with Crippen molar-refractivity contribution in [3.05, 3.63) is 46.8 Å². The van der Waals surface area contributed by atoms with Gasteiger partial charge in [0.1, 0.15) is 5.83 Å². The highest BCUT2D eigenvalue weighted by Crippen LogP contribution is 2.24. The van der Waals surface area contributed by atoms with Gasteiger partial charge in [-0.2, -0.15) is 0 Å². The minimum atomic E-state index is -0.418. The number of fused-ring (bicyclic) bond motifs is 1. The van der Waals surface area contributed by atoms with Gasteiger partial charge in [-0.05, 0) is 17.7 Å². The van der Waals surface area contributed by atoms with Crippen LogP contribution in [0.2, 0.25) is 0 Å². The summed E-state index contributed by atoms with van der Waals surface area (Å²) in [6.07, 6.45) is 0. The molecule has 2 aliphatic rings. The lowest BCUT2D eigenvalue weighted by atomic mass is 10.1. The molecule has 0 aliphatic carbocycles. The zero-order valence-corrected chi connectivity index (χ0v) is 10.8. The smallest absolute Gasteiger partial charge is 0.261 e. The molecule has 2 heterocycles. The Bertz CT molecular complexity index is 545. The van der Waals surface area contributed by atoms with Crippen LogP contribution in [0.3, 0.4) is 0 Å². The molecule has 0 bridgehead atoms. The molecule has 0 spiro atoms. The van der Waals surface area contributed by atoms with Crippen LogP contribution in [-0.4, -0.2) is 36.3 Å². The summed E-state index contributed by atoms with van der Waals surface area (Å²) in [6.45, 7) is 0.730. The van der Waals surface area contributed by atoms with Gasteiger partial charge in [-0.15, -0.1) is 12.4 Å². The van der Waals surface area contributed by atoms with Gasteiger partial charge in [0.05, 0.1) is 17.7 Å². The Hall–Kier alpha value is -1.72. The second kappa shape index (κ2) is 5.11. The van der Waals surface area contributed by atoms with Crippen LogP contribution in [0.4, 0.5) is 4.39 Å². The fourth-order valence-corrected chi connectivity index (χ4v) is 2.08. The van der Waals surface area contributed by atoms with Crippen molar-refractivity contribution in [3.63, 3.8) is 0 Å². The fraction of sp³-hybridized carbons (Fsp3) is 0.231. The first-order chi connectivity index (χ1) is 8.68. The van der Waals surface area contributed by atoms with E-state index < -0.39 is 11.8 Å². The first-order valence-corrected chi connectivity index (χ1v) is 5.71. The molecule has 1 N–H and O–H groups in total. The maximum Gasteiger partial charge on any atom is 0.261 e. The van der Waals surface area contributed by atoms with Gasteiger partial charge in [-0.25, -0.2) is 4.39 Å². The van der Waals surface area contributed by atoms with Gasteiger partial charge in [0.2, 0.25) is 0 Å². The molecule has 6 heteroatoms. The molecule has 0 aromatic heterocycles. The summed E-state index contributed by atoms with van der Waals surface area (Å²) in [5.41, 5.74) is 1.34. The molecule has 0 saturated carbocycles. The molecule has 1 saturated heterocycles. The van der Waals surface area contributed by atoms with Crippen LogP contribution in [0.5, 0.6) is 0 Å². The summed E-state index contributed by atoms with van der Waals surface area (Å²) in [4.78, 5) is 24.9. The third kappa shape index (κ3) is 2.15. The lowest BCUT2D eigenvalue weighted by molar-refractivity contribution is 0.0659. The van der Waals surface area contributed by atoms with E-state index in [0.717, 1.165) is 4.90 Å². The minimum Gasteiger partial charge on any atom is -0.309 e. The molecular formula is C13H12ClFN2O2. The SMILES string of the molecule is Cl.O=C1c2ccccc2C(=O)N1CC(F)=C1CNC1. The molecule has 1 aromatic rings. The number of amides is 2. The largest absolute Gasteiger partial charge is 0.309 e. The number of carbonyl (C=O) groups excluding carboxylic acids is 2. The zero-order chi connectivity index (χ0) is 12.7. The number of benzene rings is 1. The average molecular weight is 283 g/mol. The van der Waals surface area contributed by atoms with E-state index in [0.29, 0.717) is 29.8 Å². The van der Waals surface area contributed by atoms with E-state index in [2.05, 4.69) is 5.32 Å². The molecule has 19 heavy (non-hydrogen) atoms. The fourth-order valence-electron chi connectivity index (χ4n) is 2.08. The Kier molecular flexibility index (Phi) is 3.68. The molecule has 3 rings (SSSR count). The summed E-state index contributed by atoms with van der Waals surface area (Å²) in [6, 6.07) is 6.56. The molecular weight excluding hydrogens is 271 g/mol. The van der Waals surface area contributed by atoms with E-state index in [1.54, 1.807) is 24.3 Å². The number of nitrogens with one attached hydrogen (secondary N) is 1. The highest BCUT2D eigenvalue weighted by Gasteiger charge is 2.36. The number of hydrogen-bond donors (Lipinski definition) is 1. The van der Waals surface area contributed by atoms with Gasteiger partial charge >= 0.3 is 0 Å². The number of hydrogen-bond acceptors (Lipinski definition) is 3. The Labute approximate surface area is 115 Å². The number of halogens is 2. The topological polar surface area (TPSA) is 49.4 Å². The molecule has 2 amide bonds. The van der Waals surface area contributed by atoms with Crippen molar-refractivity contribution in [3.8, 4) is 0 Å². The minimum absolute atomic E-state index is 0.